The average molecular weight is 318 g/mol. The first-order chi connectivity index (χ1) is 11.6. The van der Waals surface area contributed by atoms with Crippen LogP contribution < -0.4 is 0 Å². The number of aryl methyl sites for hydroxylation is 2. The number of rotatable bonds is 2. The number of fused-ring (bicyclic) bond motifs is 1. The van der Waals surface area contributed by atoms with Crippen molar-refractivity contribution in [1.29, 1.82) is 0 Å². The average Bonchev–Trinajstić information content (AvgIpc) is 3.23. The fourth-order valence-corrected chi connectivity index (χ4v) is 3.69. The van der Waals surface area contributed by atoms with Gasteiger partial charge in [-0.15, -0.1) is 0 Å². The summed E-state index contributed by atoms with van der Waals surface area (Å²) in [4.78, 5) is 18.2. The van der Waals surface area contributed by atoms with Gasteiger partial charge in [0.15, 0.2) is 0 Å². The van der Waals surface area contributed by atoms with Gasteiger partial charge in [-0.2, -0.15) is 0 Å². The highest BCUT2D eigenvalue weighted by Crippen LogP contribution is 2.33. The molecule has 1 saturated heterocycles. The minimum atomic E-state index is 0.153. The van der Waals surface area contributed by atoms with Gasteiger partial charge in [0.1, 0.15) is 0 Å². The maximum absolute atomic E-state index is 12.8. The fourth-order valence-electron chi connectivity index (χ4n) is 3.69. The normalized spacial score (nSPS) is 17.6. The molecular formula is C21H22N2O. The van der Waals surface area contributed by atoms with E-state index in [-0.39, 0.29) is 5.91 Å². The third-order valence-electron chi connectivity index (χ3n) is 5.29. The number of para-hydroxylation sites is 1. The monoisotopic (exact) mass is 318 g/mol. The van der Waals surface area contributed by atoms with Crippen LogP contribution in [0.4, 0.5) is 0 Å². The van der Waals surface area contributed by atoms with Crippen molar-refractivity contribution < 1.29 is 4.79 Å². The van der Waals surface area contributed by atoms with Gasteiger partial charge in [-0.3, -0.25) is 4.79 Å². The summed E-state index contributed by atoms with van der Waals surface area (Å²) in [5.41, 5.74) is 5.71. The SMILES string of the molecule is Cc1ccc(C(=O)N2CCC(c3c[nH]c4ccccc34)C2)cc1C. The van der Waals surface area contributed by atoms with Gasteiger partial charge in [0.05, 0.1) is 0 Å². The highest BCUT2D eigenvalue weighted by Gasteiger charge is 2.29. The summed E-state index contributed by atoms with van der Waals surface area (Å²) in [6, 6.07) is 14.4. The van der Waals surface area contributed by atoms with Crippen molar-refractivity contribution in [3.8, 4) is 0 Å². The Kier molecular flexibility index (Phi) is 3.64. The van der Waals surface area contributed by atoms with E-state index in [1.54, 1.807) is 0 Å². The lowest BCUT2D eigenvalue weighted by Gasteiger charge is -2.17. The Bertz CT molecular complexity index is 909. The predicted molar refractivity (Wildman–Crippen MR) is 97.5 cm³/mol. The Labute approximate surface area is 142 Å². The second kappa shape index (κ2) is 5.82. The van der Waals surface area contributed by atoms with Crippen LogP contribution in [0.2, 0.25) is 0 Å². The van der Waals surface area contributed by atoms with Crippen molar-refractivity contribution in [1.82, 2.24) is 9.88 Å². The van der Waals surface area contributed by atoms with Gasteiger partial charge in [-0.1, -0.05) is 24.3 Å². The zero-order valence-electron chi connectivity index (χ0n) is 14.2. The van der Waals surface area contributed by atoms with Crippen LogP contribution in [-0.2, 0) is 0 Å². The number of nitrogens with zero attached hydrogens (tertiary/aromatic N) is 1. The Balaban J connectivity index is 1.55. The van der Waals surface area contributed by atoms with Crippen molar-refractivity contribution in [3.63, 3.8) is 0 Å². The number of amides is 1. The molecular weight excluding hydrogens is 296 g/mol. The Morgan fingerprint density at radius 2 is 1.96 bits per heavy atom. The van der Waals surface area contributed by atoms with E-state index in [0.29, 0.717) is 5.92 Å². The zero-order chi connectivity index (χ0) is 16.7. The van der Waals surface area contributed by atoms with Crippen LogP contribution in [-0.4, -0.2) is 28.9 Å². The van der Waals surface area contributed by atoms with Gasteiger partial charge in [-0.05, 0) is 55.2 Å². The number of likely N-dealkylation sites (tertiary alicyclic amines) is 1. The number of aromatic amines is 1. The first-order valence-electron chi connectivity index (χ1n) is 8.56. The van der Waals surface area contributed by atoms with Crippen molar-refractivity contribution >= 4 is 16.8 Å². The third-order valence-corrected chi connectivity index (χ3v) is 5.29. The maximum atomic E-state index is 12.8. The molecule has 24 heavy (non-hydrogen) atoms. The zero-order valence-corrected chi connectivity index (χ0v) is 14.2. The molecule has 1 amide bonds. The standard InChI is InChI=1S/C21H22N2O/c1-14-7-8-16(11-15(14)2)21(24)23-10-9-17(13-23)19-12-22-20-6-4-3-5-18(19)20/h3-8,11-12,17,22H,9-10,13H2,1-2H3. The molecule has 3 nitrogen and oxygen atoms in total. The molecule has 4 rings (SSSR count). The molecule has 2 aromatic carbocycles. The summed E-state index contributed by atoms with van der Waals surface area (Å²) in [5, 5.41) is 1.28. The Hall–Kier alpha value is -2.55. The molecule has 1 unspecified atom stereocenters. The van der Waals surface area contributed by atoms with E-state index in [2.05, 4.69) is 43.2 Å². The minimum absolute atomic E-state index is 0.153. The topological polar surface area (TPSA) is 36.1 Å². The number of nitrogens with one attached hydrogen (secondary N) is 1. The van der Waals surface area contributed by atoms with E-state index in [9.17, 15) is 4.79 Å². The van der Waals surface area contributed by atoms with Crippen molar-refractivity contribution in [3.05, 3.63) is 70.9 Å². The number of hydrogen-bond donors (Lipinski definition) is 1. The van der Waals surface area contributed by atoms with Crippen LogP contribution in [0.1, 0.15) is 39.4 Å². The fraction of sp³-hybridized carbons (Fsp3) is 0.286. The van der Waals surface area contributed by atoms with Crippen molar-refractivity contribution in [2.45, 2.75) is 26.2 Å². The van der Waals surface area contributed by atoms with Crippen LogP contribution in [0, 0.1) is 13.8 Å². The van der Waals surface area contributed by atoms with Crippen molar-refractivity contribution in [2.75, 3.05) is 13.1 Å². The predicted octanol–water partition coefficient (Wildman–Crippen LogP) is 4.41. The highest BCUT2D eigenvalue weighted by molar-refractivity contribution is 5.95. The highest BCUT2D eigenvalue weighted by atomic mass is 16.2. The van der Waals surface area contributed by atoms with E-state index in [1.807, 2.05) is 29.2 Å². The van der Waals surface area contributed by atoms with E-state index in [1.165, 1.54) is 27.6 Å². The molecule has 2 heterocycles. The van der Waals surface area contributed by atoms with Crippen molar-refractivity contribution in [2.24, 2.45) is 0 Å². The number of aromatic nitrogens is 1. The van der Waals surface area contributed by atoms with E-state index < -0.39 is 0 Å². The lowest BCUT2D eigenvalue weighted by molar-refractivity contribution is 0.0790. The quantitative estimate of drug-likeness (QED) is 0.746. The van der Waals surface area contributed by atoms with Gasteiger partial charge in [-0.25, -0.2) is 0 Å². The molecule has 3 aromatic rings. The molecule has 1 aliphatic heterocycles. The molecule has 0 spiro atoms. The lowest BCUT2D eigenvalue weighted by Crippen LogP contribution is -2.28. The molecule has 1 aromatic heterocycles. The summed E-state index contributed by atoms with van der Waals surface area (Å²) in [6.45, 7) is 5.76. The summed E-state index contributed by atoms with van der Waals surface area (Å²) in [6.07, 6.45) is 3.14. The molecule has 3 heteroatoms. The van der Waals surface area contributed by atoms with Crippen LogP contribution >= 0.6 is 0 Å². The number of carbonyl (C=O) groups is 1. The number of carbonyl (C=O) groups excluding carboxylic acids is 1. The second-order valence-electron chi connectivity index (χ2n) is 6.83. The van der Waals surface area contributed by atoms with Gasteiger partial charge in [0, 0.05) is 41.7 Å². The van der Waals surface area contributed by atoms with Gasteiger partial charge in [0.2, 0.25) is 0 Å². The molecule has 1 fully saturated rings. The molecule has 0 radical (unpaired) electrons. The summed E-state index contributed by atoms with van der Waals surface area (Å²) in [7, 11) is 0. The smallest absolute Gasteiger partial charge is 0.253 e. The van der Waals surface area contributed by atoms with Crippen LogP contribution in [0.5, 0.6) is 0 Å². The summed E-state index contributed by atoms with van der Waals surface area (Å²) < 4.78 is 0. The Morgan fingerprint density at radius 3 is 2.79 bits per heavy atom. The van der Waals surface area contributed by atoms with E-state index >= 15 is 0 Å². The van der Waals surface area contributed by atoms with E-state index in [0.717, 1.165) is 25.1 Å². The van der Waals surface area contributed by atoms with Crippen LogP contribution in [0.3, 0.4) is 0 Å². The first-order valence-corrected chi connectivity index (χ1v) is 8.56. The lowest BCUT2D eigenvalue weighted by atomic mass is 9.98. The minimum Gasteiger partial charge on any atom is -0.361 e. The van der Waals surface area contributed by atoms with E-state index in [4.69, 9.17) is 0 Å². The molecule has 1 aliphatic rings. The third kappa shape index (κ3) is 2.50. The van der Waals surface area contributed by atoms with Gasteiger partial charge in [0.25, 0.3) is 5.91 Å². The maximum Gasteiger partial charge on any atom is 0.253 e. The first kappa shape index (κ1) is 15.0. The number of benzene rings is 2. The largest absolute Gasteiger partial charge is 0.361 e. The summed E-state index contributed by atoms with van der Waals surface area (Å²) in [5.74, 6) is 0.567. The molecule has 1 atom stereocenters. The summed E-state index contributed by atoms with van der Waals surface area (Å²) >= 11 is 0. The molecule has 0 bridgehead atoms. The van der Waals surface area contributed by atoms with Gasteiger partial charge < -0.3 is 9.88 Å². The van der Waals surface area contributed by atoms with Crippen LogP contribution in [0.15, 0.2) is 48.7 Å². The molecule has 0 saturated carbocycles. The van der Waals surface area contributed by atoms with Gasteiger partial charge >= 0.3 is 0 Å². The molecule has 122 valence electrons. The van der Waals surface area contributed by atoms with Crippen LogP contribution in [0.25, 0.3) is 10.9 Å². The Morgan fingerprint density at radius 1 is 1.12 bits per heavy atom. The number of H-pyrrole nitrogens is 1. The number of hydrogen-bond acceptors (Lipinski definition) is 1. The second-order valence-corrected chi connectivity index (χ2v) is 6.83. The molecule has 1 N–H and O–H groups in total. The molecule has 0 aliphatic carbocycles.